The molecule has 0 aliphatic carbocycles. The molecule has 0 unspecified atom stereocenters. The largest absolute Gasteiger partial charge is 0.464 e. The number of nitrogens with zero attached hydrogens (tertiary/aromatic N) is 1. The summed E-state index contributed by atoms with van der Waals surface area (Å²) in [4.78, 5) is 10.9. The lowest BCUT2D eigenvalue weighted by atomic mass is 10.3. The molecule has 0 atom stereocenters. The van der Waals surface area contributed by atoms with Crippen LogP contribution in [0.25, 0.3) is 0 Å². The van der Waals surface area contributed by atoms with Crippen LogP contribution in [0, 0.1) is 0 Å². The van der Waals surface area contributed by atoms with E-state index in [1.54, 1.807) is 6.92 Å². The summed E-state index contributed by atoms with van der Waals surface area (Å²) in [6.45, 7) is 1.59. The SMILES string of the molecule is COC(=O)/C(C)=N/Nc1ccccc1. The Kier molecular flexibility index (Phi) is 3.67. The molecule has 0 saturated heterocycles. The first-order chi connectivity index (χ1) is 6.74. The summed E-state index contributed by atoms with van der Waals surface area (Å²) in [7, 11) is 1.32. The van der Waals surface area contributed by atoms with Crippen LogP contribution in [0.2, 0.25) is 0 Å². The van der Waals surface area contributed by atoms with Gasteiger partial charge >= 0.3 is 5.97 Å². The maximum atomic E-state index is 10.9. The number of rotatable bonds is 3. The quantitative estimate of drug-likeness (QED) is 0.450. The van der Waals surface area contributed by atoms with E-state index in [9.17, 15) is 4.79 Å². The highest BCUT2D eigenvalue weighted by Gasteiger charge is 2.03. The first-order valence-electron chi connectivity index (χ1n) is 4.17. The van der Waals surface area contributed by atoms with Crippen LogP contribution in [0.4, 0.5) is 5.69 Å². The zero-order chi connectivity index (χ0) is 10.4. The van der Waals surface area contributed by atoms with Crippen molar-refractivity contribution < 1.29 is 9.53 Å². The second-order valence-electron chi connectivity index (χ2n) is 2.67. The molecule has 4 nitrogen and oxygen atoms in total. The predicted molar refractivity (Wildman–Crippen MR) is 55.2 cm³/mol. The van der Waals surface area contributed by atoms with Gasteiger partial charge in [-0.3, -0.25) is 5.43 Å². The summed E-state index contributed by atoms with van der Waals surface area (Å²) in [6.07, 6.45) is 0. The van der Waals surface area contributed by atoms with Crippen molar-refractivity contribution in [2.45, 2.75) is 6.92 Å². The Bertz CT molecular complexity index is 333. The van der Waals surface area contributed by atoms with Crippen molar-refractivity contribution in [1.82, 2.24) is 0 Å². The lowest BCUT2D eigenvalue weighted by molar-refractivity contribution is -0.132. The average molecular weight is 192 g/mol. The summed E-state index contributed by atoms with van der Waals surface area (Å²) >= 11 is 0. The third-order valence-corrected chi connectivity index (χ3v) is 1.61. The maximum absolute atomic E-state index is 10.9. The zero-order valence-electron chi connectivity index (χ0n) is 8.15. The van der Waals surface area contributed by atoms with Crippen molar-refractivity contribution in [1.29, 1.82) is 0 Å². The topological polar surface area (TPSA) is 50.7 Å². The Labute approximate surface area is 82.6 Å². The summed E-state index contributed by atoms with van der Waals surface area (Å²) < 4.78 is 4.49. The number of carbonyl (C=O) groups excluding carboxylic acids is 1. The number of methoxy groups -OCH3 is 1. The lowest BCUT2D eigenvalue weighted by Crippen LogP contribution is -2.13. The van der Waals surface area contributed by atoms with Gasteiger partial charge in [-0.25, -0.2) is 4.79 Å². The number of carbonyl (C=O) groups is 1. The molecule has 1 aromatic rings. The summed E-state index contributed by atoms with van der Waals surface area (Å²) in [5.74, 6) is -0.437. The van der Waals surface area contributed by atoms with E-state index >= 15 is 0 Å². The fraction of sp³-hybridized carbons (Fsp3) is 0.200. The first kappa shape index (κ1) is 10.2. The van der Waals surface area contributed by atoms with Crippen LogP contribution < -0.4 is 5.43 Å². The van der Waals surface area contributed by atoms with Gasteiger partial charge in [0.05, 0.1) is 12.8 Å². The second kappa shape index (κ2) is 5.01. The van der Waals surface area contributed by atoms with Crippen molar-refractivity contribution in [2.24, 2.45) is 5.10 Å². The Hall–Kier alpha value is -1.84. The van der Waals surface area contributed by atoms with Gasteiger partial charge in [-0.05, 0) is 19.1 Å². The van der Waals surface area contributed by atoms with Gasteiger partial charge in [0.1, 0.15) is 5.71 Å². The molecular formula is C10H12N2O2. The van der Waals surface area contributed by atoms with Gasteiger partial charge in [0.15, 0.2) is 0 Å². The summed E-state index contributed by atoms with van der Waals surface area (Å²) in [5, 5.41) is 3.86. The molecule has 1 aromatic carbocycles. The molecule has 0 spiro atoms. The first-order valence-corrected chi connectivity index (χ1v) is 4.17. The van der Waals surface area contributed by atoms with E-state index in [4.69, 9.17) is 0 Å². The van der Waals surface area contributed by atoms with Crippen LogP contribution in [0.15, 0.2) is 35.4 Å². The van der Waals surface area contributed by atoms with Gasteiger partial charge in [0, 0.05) is 0 Å². The minimum Gasteiger partial charge on any atom is -0.464 e. The summed E-state index contributed by atoms with van der Waals surface area (Å²) in [6, 6.07) is 9.38. The third kappa shape index (κ3) is 2.90. The number of para-hydroxylation sites is 1. The van der Waals surface area contributed by atoms with E-state index in [0.717, 1.165) is 5.69 Å². The van der Waals surface area contributed by atoms with Crippen molar-refractivity contribution >= 4 is 17.4 Å². The Balaban J connectivity index is 2.59. The molecule has 0 radical (unpaired) electrons. The number of ether oxygens (including phenoxy) is 1. The maximum Gasteiger partial charge on any atom is 0.353 e. The molecule has 0 aromatic heterocycles. The number of hydrogen-bond acceptors (Lipinski definition) is 4. The molecule has 4 heteroatoms. The number of hydrogen-bond donors (Lipinski definition) is 1. The molecule has 1 rings (SSSR count). The van der Waals surface area contributed by atoms with Crippen molar-refractivity contribution in [3.8, 4) is 0 Å². The molecule has 0 bridgehead atoms. The monoisotopic (exact) mass is 192 g/mol. The van der Waals surface area contributed by atoms with Gasteiger partial charge in [-0.2, -0.15) is 5.10 Å². The average Bonchev–Trinajstić information content (AvgIpc) is 2.26. The summed E-state index contributed by atoms with van der Waals surface area (Å²) in [5.41, 5.74) is 3.86. The molecule has 0 aliphatic rings. The van der Waals surface area contributed by atoms with E-state index in [-0.39, 0.29) is 5.71 Å². The van der Waals surface area contributed by atoms with E-state index in [0.29, 0.717) is 0 Å². The Morgan fingerprint density at radius 2 is 2.00 bits per heavy atom. The van der Waals surface area contributed by atoms with Gasteiger partial charge in [-0.1, -0.05) is 18.2 Å². The molecule has 0 fully saturated rings. The van der Waals surface area contributed by atoms with Crippen LogP contribution >= 0.6 is 0 Å². The molecular weight excluding hydrogens is 180 g/mol. The van der Waals surface area contributed by atoms with Gasteiger partial charge < -0.3 is 4.74 Å². The third-order valence-electron chi connectivity index (χ3n) is 1.61. The highest BCUT2D eigenvalue weighted by molar-refractivity contribution is 6.35. The zero-order valence-corrected chi connectivity index (χ0v) is 8.15. The molecule has 1 N–H and O–H groups in total. The Morgan fingerprint density at radius 3 is 2.57 bits per heavy atom. The van der Waals surface area contributed by atoms with E-state index in [1.807, 2.05) is 30.3 Å². The number of benzene rings is 1. The van der Waals surface area contributed by atoms with Gasteiger partial charge in [0.25, 0.3) is 0 Å². The predicted octanol–water partition coefficient (Wildman–Crippen LogP) is 1.65. The number of esters is 1. The highest BCUT2D eigenvalue weighted by atomic mass is 16.5. The van der Waals surface area contributed by atoms with Crippen molar-refractivity contribution in [3.05, 3.63) is 30.3 Å². The van der Waals surface area contributed by atoms with Crippen LogP contribution in [0.3, 0.4) is 0 Å². The van der Waals surface area contributed by atoms with Gasteiger partial charge in [0.2, 0.25) is 0 Å². The number of anilines is 1. The smallest absolute Gasteiger partial charge is 0.353 e. The number of hydrazone groups is 1. The highest BCUT2D eigenvalue weighted by Crippen LogP contribution is 2.04. The molecule has 74 valence electrons. The second-order valence-corrected chi connectivity index (χ2v) is 2.67. The van der Waals surface area contributed by atoms with Crippen LogP contribution in [-0.4, -0.2) is 18.8 Å². The van der Waals surface area contributed by atoms with Crippen LogP contribution in [0.1, 0.15) is 6.92 Å². The van der Waals surface area contributed by atoms with E-state index < -0.39 is 5.97 Å². The number of nitrogens with one attached hydrogen (secondary N) is 1. The molecule has 0 aliphatic heterocycles. The molecule has 0 saturated carbocycles. The van der Waals surface area contributed by atoms with Gasteiger partial charge in [-0.15, -0.1) is 0 Å². The normalized spacial score (nSPS) is 10.9. The van der Waals surface area contributed by atoms with E-state index in [1.165, 1.54) is 7.11 Å². The molecule has 0 amide bonds. The molecule has 0 heterocycles. The van der Waals surface area contributed by atoms with E-state index in [2.05, 4.69) is 15.3 Å². The molecule has 14 heavy (non-hydrogen) atoms. The Morgan fingerprint density at radius 1 is 1.36 bits per heavy atom. The van der Waals surface area contributed by atoms with Crippen LogP contribution in [-0.2, 0) is 9.53 Å². The van der Waals surface area contributed by atoms with Crippen LogP contribution in [0.5, 0.6) is 0 Å². The lowest BCUT2D eigenvalue weighted by Gasteiger charge is -2.00. The van der Waals surface area contributed by atoms with Crippen molar-refractivity contribution in [3.63, 3.8) is 0 Å². The standard InChI is InChI=1S/C10H12N2O2/c1-8(10(13)14-2)11-12-9-6-4-3-5-7-9/h3-7,12H,1-2H3/b11-8+. The fourth-order valence-electron chi connectivity index (χ4n) is 0.854. The minimum atomic E-state index is -0.437. The fourth-order valence-corrected chi connectivity index (χ4v) is 0.854. The minimum absolute atomic E-state index is 0.288. The van der Waals surface area contributed by atoms with Crippen molar-refractivity contribution in [2.75, 3.05) is 12.5 Å².